The number of rotatable bonds is 10. The molecule has 0 atom stereocenters. The van der Waals surface area contributed by atoms with Gasteiger partial charge in [0.15, 0.2) is 5.82 Å². The molecule has 1 N–H and O–H groups in total. The number of aromatic nitrogens is 3. The first-order valence-electron chi connectivity index (χ1n) is 9.85. The molecule has 0 spiro atoms. The number of hydrogen-bond acceptors (Lipinski definition) is 5. The fourth-order valence-corrected chi connectivity index (χ4v) is 3.47. The van der Waals surface area contributed by atoms with Crippen LogP contribution in [0, 0.1) is 0 Å². The van der Waals surface area contributed by atoms with Gasteiger partial charge in [0.25, 0.3) is 5.56 Å². The van der Waals surface area contributed by atoms with E-state index in [1.54, 1.807) is 10.8 Å². The van der Waals surface area contributed by atoms with Gasteiger partial charge in [-0.1, -0.05) is 41.4 Å². The summed E-state index contributed by atoms with van der Waals surface area (Å²) in [6.07, 6.45) is 4.86. The van der Waals surface area contributed by atoms with Gasteiger partial charge in [0.05, 0.1) is 6.20 Å². The molecule has 8 heteroatoms. The van der Waals surface area contributed by atoms with Crippen LogP contribution in [-0.4, -0.2) is 46.1 Å². The Morgan fingerprint density at radius 1 is 1.07 bits per heavy atom. The van der Waals surface area contributed by atoms with Gasteiger partial charge in [-0.05, 0) is 43.3 Å². The van der Waals surface area contributed by atoms with E-state index >= 15 is 0 Å². The van der Waals surface area contributed by atoms with Crippen LogP contribution in [0.2, 0.25) is 10.2 Å². The first-order valence-corrected chi connectivity index (χ1v) is 10.6. The minimum Gasteiger partial charge on any atom is -0.365 e. The summed E-state index contributed by atoms with van der Waals surface area (Å²) < 4.78 is 1.55. The highest BCUT2D eigenvalue weighted by Crippen LogP contribution is 2.11. The lowest BCUT2D eigenvalue weighted by Gasteiger charge is -2.18. The molecule has 6 nitrogen and oxygen atoms in total. The van der Waals surface area contributed by atoms with Crippen molar-refractivity contribution in [3.8, 4) is 0 Å². The number of pyridine rings is 1. The van der Waals surface area contributed by atoms with Crippen LogP contribution < -0.4 is 10.9 Å². The summed E-state index contributed by atoms with van der Waals surface area (Å²) in [4.78, 5) is 23.4. The first kappa shape index (κ1) is 22.3. The van der Waals surface area contributed by atoms with Crippen LogP contribution >= 0.6 is 23.2 Å². The van der Waals surface area contributed by atoms with Gasteiger partial charge in [-0.25, -0.2) is 4.98 Å². The third kappa shape index (κ3) is 6.55. The van der Waals surface area contributed by atoms with E-state index in [-0.39, 0.29) is 5.56 Å². The van der Waals surface area contributed by atoms with E-state index in [1.165, 1.54) is 11.8 Å². The van der Waals surface area contributed by atoms with Crippen LogP contribution in [0.1, 0.15) is 11.3 Å². The standard InChI is InChI=1S/C22H25Cl2N5O/c1-28(12-9-17-5-4-6-18(23)15-17)13-14-29-20(24)16-27-21(22(29)30)26-11-8-19-7-2-3-10-25-19/h2-7,10,15-16H,8-9,11-14H2,1H3,(H,26,27). The van der Waals surface area contributed by atoms with Gasteiger partial charge in [0.1, 0.15) is 5.15 Å². The lowest BCUT2D eigenvalue weighted by atomic mass is 10.1. The largest absolute Gasteiger partial charge is 0.365 e. The molecule has 0 saturated carbocycles. The molecule has 30 heavy (non-hydrogen) atoms. The second-order valence-electron chi connectivity index (χ2n) is 7.07. The van der Waals surface area contributed by atoms with Crippen LogP contribution in [0.3, 0.4) is 0 Å². The van der Waals surface area contributed by atoms with E-state index in [0.29, 0.717) is 37.0 Å². The Morgan fingerprint density at radius 3 is 2.70 bits per heavy atom. The molecule has 2 aromatic heterocycles. The van der Waals surface area contributed by atoms with Gasteiger partial charge in [0, 0.05) is 49.5 Å². The minimum atomic E-state index is -0.216. The maximum Gasteiger partial charge on any atom is 0.294 e. The SMILES string of the molecule is CN(CCc1cccc(Cl)c1)CCn1c(Cl)cnc(NCCc2ccccn2)c1=O. The third-order valence-electron chi connectivity index (χ3n) is 4.78. The van der Waals surface area contributed by atoms with Crippen molar-refractivity contribution in [1.29, 1.82) is 0 Å². The summed E-state index contributed by atoms with van der Waals surface area (Å²) in [5, 5.41) is 4.18. The Morgan fingerprint density at radius 2 is 1.93 bits per heavy atom. The van der Waals surface area contributed by atoms with Crippen LogP contribution in [0.15, 0.2) is 59.7 Å². The predicted octanol–water partition coefficient (Wildman–Crippen LogP) is 3.77. The Kier molecular flexibility index (Phi) is 8.25. The Bertz CT molecular complexity index is 1010. The zero-order chi connectivity index (χ0) is 21.3. The van der Waals surface area contributed by atoms with Crippen LogP contribution in [-0.2, 0) is 19.4 Å². The highest BCUT2D eigenvalue weighted by Gasteiger charge is 2.10. The van der Waals surface area contributed by atoms with E-state index in [1.807, 2.05) is 43.4 Å². The van der Waals surface area contributed by atoms with Crippen molar-refractivity contribution in [1.82, 2.24) is 19.4 Å². The molecule has 3 rings (SSSR count). The molecule has 0 aliphatic rings. The number of hydrogen-bond donors (Lipinski definition) is 1. The molecule has 158 valence electrons. The lowest BCUT2D eigenvalue weighted by molar-refractivity contribution is 0.321. The van der Waals surface area contributed by atoms with Crippen LogP contribution in [0.5, 0.6) is 0 Å². The molecule has 0 aliphatic heterocycles. The molecule has 0 saturated heterocycles. The fraction of sp³-hybridized carbons (Fsp3) is 0.318. The lowest BCUT2D eigenvalue weighted by Crippen LogP contribution is -2.32. The van der Waals surface area contributed by atoms with Gasteiger partial charge in [0.2, 0.25) is 0 Å². The van der Waals surface area contributed by atoms with Gasteiger partial charge in [-0.3, -0.25) is 14.3 Å². The molecule has 2 heterocycles. The van der Waals surface area contributed by atoms with Crippen molar-refractivity contribution < 1.29 is 0 Å². The molecular weight excluding hydrogens is 421 g/mol. The molecular formula is C22H25Cl2N5O. The third-order valence-corrected chi connectivity index (χ3v) is 5.32. The van der Waals surface area contributed by atoms with Crippen molar-refractivity contribution in [2.75, 3.05) is 32.0 Å². The Labute approximate surface area is 186 Å². The summed E-state index contributed by atoms with van der Waals surface area (Å²) in [5.41, 5.74) is 1.93. The second kappa shape index (κ2) is 11.1. The topological polar surface area (TPSA) is 63.1 Å². The number of halogens is 2. The molecule has 0 fully saturated rings. The summed E-state index contributed by atoms with van der Waals surface area (Å²) in [6, 6.07) is 13.6. The molecule has 0 radical (unpaired) electrons. The normalized spacial score (nSPS) is 11.1. The van der Waals surface area contributed by atoms with Gasteiger partial charge < -0.3 is 10.2 Å². The zero-order valence-electron chi connectivity index (χ0n) is 16.9. The van der Waals surface area contributed by atoms with E-state index in [2.05, 4.69) is 26.3 Å². The van der Waals surface area contributed by atoms with E-state index in [4.69, 9.17) is 23.2 Å². The predicted molar refractivity (Wildman–Crippen MR) is 123 cm³/mol. The molecule has 0 unspecified atom stereocenters. The monoisotopic (exact) mass is 445 g/mol. The minimum absolute atomic E-state index is 0.216. The molecule has 0 aliphatic carbocycles. The van der Waals surface area contributed by atoms with Crippen molar-refractivity contribution >= 4 is 29.0 Å². The Hall–Kier alpha value is -2.41. The molecule has 1 aromatic carbocycles. The highest BCUT2D eigenvalue weighted by molar-refractivity contribution is 6.30. The summed E-state index contributed by atoms with van der Waals surface area (Å²) in [7, 11) is 2.02. The number of benzene rings is 1. The second-order valence-corrected chi connectivity index (χ2v) is 7.89. The quantitative estimate of drug-likeness (QED) is 0.514. The van der Waals surface area contributed by atoms with E-state index in [9.17, 15) is 4.79 Å². The summed E-state index contributed by atoms with van der Waals surface area (Å²) in [5.74, 6) is 0.303. The van der Waals surface area contributed by atoms with Gasteiger partial charge >= 0.3 is 0 Å². The fourth-order valence-electron chi connectivity index (χ4n) is 3.05. The smallest absolute Gasteiger partial charge is 0.294 e. The van der Waals surface area contributed by atoms with E-state index in [0.717, 1.165) is 23.7 Å². The number of nitrogens with one attached hydrogen (secondary N) is 1. The maximum absolute atomic E-state index is 12.8. The Balaban J connectivity index is 1.53. The number of likely N-dealkylation sites (N-methyl/N-ethyl adjacent to an activating group) is 1. The van der Waals surface area contributed by atoms with E-state index < -0.39 is 0 Å². The highest BCUT2D eigenvalue weighted by atomic mass is 35.5. The first-order chi connectivity index (χ1) is 14.5. The average molecular weight is 446 g/mol. The number of nitrogens with zero attached hydrogens (tertiary/aromatic N) is 4. The van der Waals surface area contributed by atoms with Crippen molar-refractivity contribution in [3.05, 3.63) is 86.6 Å². The molecule has 0 amide bonds. The summed E-state index contributed by atoms with van der Waals surface area (Å²) in [6.45, 7) is 2.60. The van der Waals surface area contributed by atoms with Crippen LogP contribution in [0.4, 0.5) is 5.82 Å². The molecule has 0 bridgehead atoms. The van der Waals surface area contributed by atoms with Crippen molar-refractivity contribution in [2.45, 2.75) is 19.4 Å². The van der Waals surface area contributed by atoms with Crippen molar-refractivity contribution in [2.24, 2.45) is 0 Å². The summed E-state index contributed by atoms with van der Waals surface area (Å²) >= 11 is 12.3. The maximum atomic E-state index is 12.8. The van der Waals surface area contributed by atoms with Gasteiger partial charge in [-0.2, -0.15) is 0 Å². The molecule has 3 aromatic rings. The van der Waals surface area contributed by atoms with Crippen LogP contribution in [0.25, 0.3) is 0 Å². The van der Waals surface area contributed by atoms with Gasteiger partial charge in [-0.15, -0.1) is 0 Å². The number of anilines is 1. The zero-order valence-corrected chi connectivity index (χ0v) is 18.4. The average Bonchev–Trinajstić information content (AvgIpc) is 2.74. The van der Waals surface area contributed by atoms with Crippen molar-refractivity contribution in [3.63, 3.8) is 0 Å².